The third-order valence-corrected chi connectivity index (χ3v) is 7.23. The molecular weight excluding hydrogens is 412 g/mol. The molecule has 2 aromatic heterocycles. The summed E-state index contributed by atoms with van der Waals surface area (Å²) in [4.78, 5) is 14.8. The van der Waals surface area contributed by atoms with Crippen LogP contribution in [0.25, 0.3) is 11.0 Å². The van der Waals surface area contributed by atoms with Crippen LogP contribution in [0.2, 0.25) is 0 Å². The topological polar surface area (TPSA) is 69.5 Å². The summed E-state index contributed by atoms with van der Waals surface area (Å²) < 4.78 is 2.17. The fraction of sp³-hybridized carbons (Fsp3) is 0.538. The first-order valence-corrected chi connectivity index (χ1v) is 12.4. The van der Waals surface area contributed by atoms with Crippen LogP contribution in [-0.2, 0) is 6.54 Å². The van der Waals surface area contributed by atoms with E-state index >= 15 is 0 Å². The Bertz CT molecular complexity index is 1100. The summed E-state index contributed by atoms with van der Waals surface area (Å²) in [6.45, 7) is 11.8. The highest BCUT2D eigenvalue weighted by Crippen LogP contribution is 2.27. The van der Waals surface area contributed by atoms with Gasteiger partial charge < -0.3 is 24.8 Å². The van der Waals surface area contributed by atoms with Crippen molar-refractivity contribution >= 4 is 17.0 Å². The van der Waals surface area contributed by atoms with Crippen LogP contribution < -0.4 is 5.32 Å². The zero-order valence-electron chi connectivity index (χ0n) is 19.9. The lowest BCUT2D eigenvalue weighted by Crippen LogP contribution is -2.42. The van der Waals surface area contributed by atoms with E-state index in [2.05, 4.69) is 49.8 Å². The predicted molar refractivity (Wildman–Crippen MR) is 133 cm³/mol. The Morgan fingerprint density at radius 3 is 2.42 bits per heavy atom. The van der Waals surface area contributed by atoms with Gasteiger partial charge in [0.2, 0.25) is 5.95 Å². The number of likely N-dealkylation sites (tertiary alicyclic amines) is 2. The molecule has 176 valence electrons. The van der Waals surface area contributed by atoms with Gasteiger partial charge >= 0.3 is 0 Å². The number of anilines is 1. The summed E-state index contributed by atoms with van der Waals surface area (Å²) in [6.07, 6.45) is 4.97. The normalized spacial score (nSPS) is 18.4. The van der Waals surface area contributed by atoms with Crippen LogP contribution in [0.15, 0.2) is 30.3 Å². The Morgan fingerprint density at radius 1 is 0.939 bits per heavy atom. The lowest BCUT2D eigenvalue weighted by molar-refractivity contribution is 0.189. The number of aromatic nitrogens is 3. The Balaban J connectivity index is 1.30. The van der Waals surface area contributed by atoms with Gasteiger partial charge in [0.25, 0.3) is 0 Å². The van der Waals surface area contributed by atoms with Gasteiger partial charge in [-0.25, -0.2) is 4.98 Å². The van der Waals surface area contributed by atoms with Crippen LogP contribution in [0.4, 0.5) is 5.95 Å². The monoisotopic (exact) mass is 448 g/mol. The zero-order chi connectivity index (χ0) is 22.8. The van der Waals surface area contributed by atoms with E-state index in [4.69, 9.17) is 4.98 Å². The fourth-order valence-electron chi connectivity index (χ4n) is 5.20. The van der Waals surface area contributed by atoms with E-state index in [0.717, 1.165) is 54.2 Å². The molecule has 2 saturated heterocycles. The second-order valence-corrected chi connectivity index (χ2v) is 9.69. The van der Waals surface area contributed by atoms with E-state index in [-0.39, 0.29) is 5.75 Å². The smallest absolute Gasteiger partial charge is 0.204 e. The first-order valence-electron chi connectivity index (χ1n) is 12.4. The molecule has 7 nitrogen and oxygen atoms in total. The summed E-state index contributed by atoms with van der Waals surface area (Å²) in [5, 5.41) is 14.1. The minimum absolute atomic E-state index is 0.229. The van der Waals surface area contributed by atoms with Crippen molar-refractivity contribution < 1.29 is 5.11 Å². The Labute approximate surface area is 196 Å². The van der Waals surface area contributed by atoms with Gasteiger partial charge in [0, 0.05) is 37.9 Å². The first kappa shape index (κ1) is 22.2. The SMILES string of the molecule is Cc1ccc(O)c(Cn2c(NC3CCN(CCN4CCCC4)CC3)nc3c(C)cccc32)n1. The largest absolute Gasteiger partial charge is 0.506 e. The van der Waals surface area contributed by atoms with E-state index in [0.29, 0.717) is 18.3 Å². The lowest BCUT2D eigenvalue weighted by Gasteiger charge is -2.33. The Morgan fingerprint density at radius 2 is 1.67 bits per heavy atom. The highest BCUT2D eigenvalue weighted by molar-refractivity contribution is 5.82. The van der Waals surface area contributed by atoms with Gasteiger partial charge in [0.1, 0.15) is 11.4 Å². The van der Waals surface area contributed by atoms with Gasteiger partial charge in [-0.2, -0.15) is 0 Å². The second kappa shape index (κ2) is 9.69. The van der Waals surface area contributed by atoms with E-state index in [1.54, 1.807) is 6.07 Å². The van der Waals surface area contributed by atoms with Gasteiger partial charge in [0.05, 0.1) is 17.6 Å². The average Bonchev–Trinajstić information content (AvgIpc) is 3.45. The number of benzene rings is 1. The molecule has 1 aromatic carbocycles. The molecule has 0 amide bonds. The molecule has 0 aliphatic carbocycles. The molecule has 2 fully saturated rings. The number of nitrogens with zero attached hydrogens (tertiary/aromatic N) is 5. The minimum atomic E-state index is 0.229. The summed E-state index contributed by atoms with van der Waals surface area (Å²) in [7, 11) is 0. The van der Waals surface area contributed by atoms with Gasteiger partial charge in [-0.1, -0.05) is 12.1 Å². The number of pyridine rings is 1. The van der Waals surface area contributed by atoms with E-state index in [1.807, 2.05) is 13.0 Å². The second-order valence-electron chi connectivity index (χ2n) is 9.69. The fourth-order valence-corrected chi connectivity index (χ4v) is 5.20. The lowest BCUT2D eigenvalue weighted by atomic mass is 10.1. The molecule has 2 aliphatic heterocycles. The van der Waals surface area contributed by atoms with Crippen LogP contribution in [0.1, 0.15) is 42.6 Å². The van der Waals surface area contributed by atoms with Gasteiger partial charge in [-0.05, 0) is 76.4 Å². The average molecular weight is 449 g/mol. The van der Waals surface area contributed by atoms with Gasteiger partial charge in [-0.15, -0.1) is 0 Å². The minimum Gasteiger partial charge on any atom is -0.506 e. The molecule has 33 heavy (non-hydrogen) atoms. The maximum atomic E-state index is 10.4. The number of para-hydroxylation sites is 1. The van der Waals surface area contributed by atoms with Crippen LogP contribution in [0, 0.1) is 13.8 Å². The molecule has 0 unspecified atom stereocenters. The maximum Gasteiger partial charge on any atom is 0.204 e. The molecule has 0 spiro atoms. The van der Waals surface area contributed by atoms with Crippen molar-refractivity contribution in [3.8, 4) is 5.75 Å². The van der Waals surface area contributed by atoms with Crippen molar-refractivity contribution in [2.24, 2.45) is 0 Å². The Kier molecular flexibility index (Phi) is 6.51. The van der Waals surface area contributed by atoms with Crippen molar-refractivity contribution in [2.45, 2.75) is 52.1 Å². The molecule has 0 radical (unpaired) electrons. The third-order valence-electron chi connectivity index (χ3n) is 7.23. The molecule has 7 heteroatoms. The molecule has 0 atom stereocenters. The van der Waals surface area contributed by atoms with Gasteiger partial charge in [-0.3, -0.25) is 4.98 Å². The van der Waals surface area contributed by atoms with Gasteiger partial charge in [0.15, 0.2) is 0 Å². The first-order chi connectivity index (χ1) is 16.1. The number of aryl methyl sites for hydroxylation is 2. The number of piperidine rings is 1. The number of imidazole rings is 1. The summed E-state index contributed by atoms with van der Waals surface area (Å²) in [5.74, 6) is 1.10. The molecule has 5 rings (SSSR count). The van der Waals surface area contributed by atoms with Crippen LogP contribution >= 0.6 is 0 Å². The van der Waals surface area contributed by atoms with Crippen molar-refractivity contribution in [2.75, 3.05) is 44.6 Å². The standard InChI is InChI=1S/C26H36N6O/c1-19-6-5-7-23-25(19)29-26(32(23)18-22-24(33)9-8-20(2)27-22)28-21-10-14-31(15-11-21)17-16-30-12-3-4-13-30/h5-9,21,33H,3-4,10-18H2,1-2H3,(H,28,29). The molecule has 2 N–H and O–H groups in total. The number of hydrogen-bond donors (Lipinski definition) is 2. The molecule has 2 aliphatic rings. The summed E-state index contributed by atoms with van der Waals surface area (Å²) in [6, 6.07) is 10.3. The van der Waals surface area contributed by atoms with Crippen LogP contribution in [0.5, 0.6) is 5.75 Å². The predicted octanol–water partition coefficient (Wildman–Crippen LogP) is 3.77. The molecule has 0 saturated carbocycles. The molecule has 3 aromatic rings. The van der Waals surface area contributed by atoms with Crippen LogP contribution in [0.3, 0.4) is 0 Å². The van der Waals surface area contributed by atoms with E-state index in [9.17, 15) is 5.11 Å². The highest BCUT2D eigenvalue weighted by Gasteiger charge is 2.23. The molecule has 0 bridgehead atoms. The van der Waals surface area contributed by atoms with E-state index < -0.39 is 0 Å². The zero-order valence-corrected chi connectivity index (χ0v) is 19.9. The van der Waals surface area contributed by atoms with Crippen LogP contribution in [-0.4, -0.2) is 74.8 Å². The quantitative estimate of drug-likeness (QED) is 0.573. The number of aromatic hydroxyl groups is 1. The summed E-state index contributed by atoms with van der Waals surface area (Å²) in [5.41, 5.74) is 4.82. The number of nitrogens with one attached hydrogen (secondary N) is 1. The molecular formula is C26H36N6O. The van der Waals surface area contributed by atoms with Crippen molar-refractivity contribution in [3.05, 3.63) is 47.3 Å². The summed E-state index contributed by atoms with van der Waals surface area (Å²) >= 11 is 0. The van der Waals surface area contributed by atoms with Crippen molar-refractivity contribution in [1.82, 2.24) is 24.3 Å². The number of fused-ring (bicyclic) bond motifs is 1. The number of hydrogen-bond acceptors (Lipinski definition) is 6. The maximum absolute atomic E-state index is 10.4. The van der Waals surface area contributed by atoms with E-state index in [1.165, 1.54) is 39.0 Å². The number of rotatable bonds is 7. The van der Waals surface area contributed by atoms with Crippen molar-refractivity contribution in [1.29, 1.82) is 0 Å². The molecule has 4 heterocycles. The van der Waals surface area contributed by atoms with Crippen molar-refractivity contribution in [3.63, 3.8) is 0 Å². The third kappa shape index (κ3) is 4.99. The Hall–Kier alpha value is -2.64. The highest BCUT2D eigenvalue weighted by atomic mass is 16.3.